The summed E-state index contributed by atoms with van der Waals surface area (Å²) in [6.07, 6.45) is 0.792. The molecule has 5 nitrogen and oxygen atoms in total. The summed E-state index contributed by atoms with van der Waals surface area (Å²) in [5.74, 6) is -0.125. The summed E-state index contributed by atoms with van der Waals surface area (Å²) in [4.78, 5) is 25.9. The van der Waals surface area contributed by atoms with Crippen molar-refractivity contribution in [2.45, 2.75) is 25.9 Å². The zero-order chi connectivity index (χ0) is 17.1. The van der Waals surface area contributed by atoms with Crippen LogP contribution in [0.2, 0.25) is 0 Å². The molecule has 3 rings (SSSR count). The average molecular weight is 324 g/mol. The lowest BCUT2D eigenvalue weighted by atomic mass is 10.1. The standard InChI is InChI=1S/C19H20N2O3/c1-13(22)16-5-2-3-6-17(16)20-19(24)14-8-10-15(11-9-14)21-12-4-7-18(21)23/h2-3,5-6,8-11,13,22H,4,7,12H2,1H3,(H,20,24). The molecule has 1 atom stereocenters. The Morgan fingerprint density at radius 2 is 1.88 bits per heavy atom. The van der Waals surface area contributed by atoms with Crippen LogP contribution in [0.1, 0.15) is 41.8 Å². The van der Waals surface area contributed by atoms with Crippen LogP contribution in [0.3, 0.4) is 0 Å². The maximum absolute atomic E-state index is 12.4. The van der Waals surface area contributed by atoms with Gasteiger partial charge in [-0.2, -0.15) is 0 Å². The van der Waals surface area contributed by atoms with Crippen LogP contribution in [-0.2, 0) is 4.79 Å². The fourth-order valence-corrected chi connectivity index (χ4v) is 2.88. The zero-order valence-electron chi connectivity index (χ0n) is 13.5. The van der Waals surface area contributed by atoms with Crippen LogP contribution in [0.4, 0.5) is 11.4 Å². The number of carbonyl (C=O) groups excluding carboxylic acids is 2. The normalized spacial score (nSPS) is 15.4. The highest BCUT2D eigenvalue weighted by Crippen LogP contribution is 2.24. The number of aliphatic hydroxyl groups excluding tert-OH is 1. The van der Waals surface area contributed by atoms with Gasteiger partial charge in [0.15, 0.2) is 0 Å². The highest BCUT2D eigenvalue weighted by Gasteiger charge is 2.21. The molecule has 0 saturated carbocycles. The molecule has 0 bridgehead atoms. The van der Waals surface area contributed by atoms with Gasteiger partial charge in [-0.25, -0.2) is 0 Å². The van der Waals surface area contributed by atoms with Crippen molar-refractivity contribution >= 4 is 23.2 Å². The van der Waals surface area contributed by atoms with Crippen molar-refractivity contribution in [3.05, 3.63) is 59.7 Å². The molecule has 1 aliphatic rings. The molecule has 2 aromatic carbocycles. The smallest absolute Gasteiger partial charge is 0.255 e. The van der Waals surface area contributed by atoms with Crippen molar-refractivity contribution in [3.8, 4) is 0 Å². The third kappa shape index (κ3) is 3.31. The second-order valence-electron chi connectivity index (χ2n) is 5.91. The van der Waals surface area contributed by atoms with E-state index in [0.29, 0.717) is 23.2 Å². The second kappa shape index (κ2) is 6.84. The van der Waals surface area contributed by atoms with Gasteiger partial charge in [-0.05, 0) is 43.7 Å². The molecule has 1 unspecified atom stereocenters. The number of amides is 2. The summed E-state index contributed by atoms with van der Waals surface area (Å²) >= 11 is 0. The van der Waals surface area contributed by atoms with E-state index in [-0.39, 0.29) is 11.8 Å². The highest BCUT2D eigenvalue weighted by molar-refractivity contribution is 6.05. The molecule has 2 amide bonds. The van der Waals surface area contributed by atoms with Crippen LogP contribution in [0.25, 0.3) is 0 Å². The first-order chi connectivity index (χ1) is 11.6. The van der Waals surface area contributed by atoms with Gasteiger partial charge in [0.2, 0.25) is 5.91 Å². The minimum atomic E-state index is -0.662. The van der Waals surface area contributed by atoms with E-state index in [0.717, 1.165) is 18.7 Å². The van der Waals surface area contributed by atoms with E-state index in [1.54, 1.807) is 48.2 Å². The number of anilines is 2. The zero-order valence-corrected chi connectivity index (χ0v) is 13.5. The number of rotatable bonds is 4. The van der Waals surface area contributed by atoms with Crippen molar-refractivity contribution in [2.75, 3.05) is 16.8 Å². The van der Waals surface area contributed by atoms with E-state index in [9.17, 15) is 14.7 Å². The molecule has 24 heavy (non-hydrogen) atoms. The summed E-state index contributed by atoms with van der Waals surface area (Å²) in [7, 11) is 0. The van der Waals surface area contributed by atoms with Gasteiger partial charge >= 0.3 is 0 Å². The summed E-state index contributed by atoms with van der Waals surface area (Å²) in [6.45, 7) is 2.39. The SMILES string of the molecule is CC(O)c1ccccc1NC(=O)c1ccc(N2CCCC2=O)cc1. The number of carbonyl (C=O) groups is 2. The van der Waals surface area contributed by atoms with E-state index in [2.05, 4.69) is 5.32 Å². The Balaban J connectivity index is 1.75. The third-order valence-electron chi connectivity index (χ3n) is 4.17. The largest absolute Gasteiger partial charge is 0.389 e. The van der Waals surface area contributed by atoms with Gasteiger partial charge in [0.1, 0.15) is 0 Å². The average Bonchev–Trinajstić information content (AvgIpc) is 3.01. The van der Waals surface area contributed by atoms with E-state index < -0.39 is 6.10 Å². The number of hydrogen-bond donors (Lipinski definition) is 2. The van der Waals surface area contributed by atoms with Crippen molar-refractivity contribution < 1.29 is 14.7 Å². The minimum absolute atomic E-state index is 0.123. The molecule has 2 aromatic rings. The molecule has 1 saturated heterocycles. The molecule has 5 heteroatoms. The van der Waals surface area contributed by atoms with E-state index in [1.165, 1.54) is 0 Å². The van der Waals surface area contributed by atoms with Gasteiger partial charge in [-0.1, -0.05) is 18.2 Å². The van der Waals surface area contributed by atoms with E-state index in [1.807, 2.05) is 12.1 Å². The van der Waals surface area contributed by atoms with Crippen LogP contribution in [0.15, 0.2) is 48.5 Å². The van der Waals surface area contributed by atoms with Gasteiger partial charge in [0.25, 0.3) is 5.91 Å². The fourth-order valence-electron chi connectivity index (χ4n) is 2.88. The summed E-state index contributed by atoms with van der Waals surface area (Å²) in [6, 6.07) is 14.2. The molecule has 1 aliphatic heterocycles. The van der Waals surface area contributed by atoms with Gasteiger partial charge in [-0.15, -0.1) is 0 Å². The molecule has 1 fully saturated rings. The van der Waals surface area contributed by atoms with Crippen molar-refractivity contribution in [2.24, 2.45) is 0 Å². The van der Waals surface area contributed by atoms with Gasteiger partial charge in [0.05, 0.1) is 6.10 Å². The topological polar surface area (TPSA) is 69.6 Å². The molecular formula is C19H20N2O3. The maximum atomic E-state index is 12.4. The number of aliphatic hydroxyl groups is 1. The third-order valence-corrected chi connectivity index (χ3v) is 4.17. The first kappa shape index (κ1) is 16.2. The Morgan fingerprint density at radius 3 is 2.50 bits per heavy atom. The van der Waals surface area contributed by atoms with E-state index in [4.69, 9.17) is 0 Å². The minimum Gasteiger partial charge on any atom is -0.389 e. The van der Waals surface area contributed by atoms with Crippen LogP contribution in [0, 0.1) is 0 Å². The van der Waals surface area contributed by atoms with Crippen molar-refractivity contribution in [1.29, 1.82) is 0 Å². The number of benzene rings is 2. The van der Waals surface area contributed by atoms with Crippen LogP contribution < -0.4 is 10.2 Å². The molecule has 0 aliphatic carbocycles. The Kier molecular flexibility index (Phi) is 4.62. The molecule has 124 valence electrons. The highest BCUT2D eigenvalue weighted by atomic mass is 16.3. The number of hydrogen-bond acceptors (Lipinski definition) is 3. The summed E-state index contributed by atoms with van der Waals surface area (Å²) in [5, 5.41) is 12.6. The van der Waals surface area contributed by atoms with Crippen LogP contribution in [0.5, 0.6) is 0 Å². The predicted molar refractivity (Wildman–Crippen MR) is 93.1 cm³/mol. The monoisotopic (exact) mass is 324 g/mol. The van der Waals surface area contributed by atoms with Gasteiger partial charge in [-0.3, -0.25) is 9.59 Å². The maximum Gasteiger partial charge on any atom is 0.255 e. The number of nitrogens with one attached hydrogen (secondary N) is 1. The number of nitrogens with zero attached hydrogens (tertiary/aromatic N) is 1. The quantitative estimate of drug-likeness (QED) is 0.908. The lowest BCUT2D eigenvalue weighted by molar-refractivity contribution is -0.117. The lowest BCUT2D eigenvalue weighted by Gasteiger charge is -2.16. The molecule has 0 aromatic heterocycles. The Bertz CT molecular complexity index is 753. The van der Waals surface area contributed by atoms with Gasteiger partial charge in [0, 0.05) is 35.5 Å². The Labute approximate surface area is 140 Å². The lowest BCUT2D eigenvalue weighted by Crippen LogP contribution is -2.23. The second-order valence-corrected chi connectivity index (χ2v) is 5.91. The molecule has 0 radical (unpaired) electrons. The first-order valence-corrected chi connectivity index (χ1v) is 8.05. The Hall–Kier alpha value is -2.66. The molecule has 0 spiro atoms. The van der Waals surface area contributed by atoms with Crippen LogP contribution >= 0.6 is 0 Å². The summed E-state index contributed by atoms with van der Waals surface area (Å²) < 4.78 is 0. The molecular weight excluding hydrogens is 304 g/mol. The predicted octanol–water partition coefficient (Wildman–Crippen LogP) is 3.12. The first-order valence-electron chi connectivity index (χ1n) is 8.05. The van der Waals surface area contributed by atoms with Crippen LogP contribution in [-0.4, -0.2) is 23.5 Å². The fraction of sp³-hybridized carbons (Fsp3) is 0.263. The summed E-state index contributed by atoms with van der Waals surface area (Å²) in [5.41, 5.74) is 2.59. The molecule has 2 N–H and O–H groups in total. The van der Waals surface area contributed by atoms with Crippen molar-refractivity contribution in [1.82, 2.24) is 0 Å². The van der Waals surface area contributed by atoms with Gasteiger partial charge < -0.3 is 15.3 Å². The molecule has 1 heterocycles. The Morgan fingerprint density at radius 1 is 1.17 bits per heavy atom. The number of para-hydroxylation sites is 1. The van der Waals surface area contributed by atoms with Crippen molar-refractivity contribution in [3.63, 3.8) is 0 Å². The van der Waals surface area contributed by atoms with E-state index >= 15 is 0 Å².